The van der Waals surface area contributed by atoms with E-state index in [-0.39, 0.29) is 0 Å². The smallest absolute Gasteiger partial charge is 0.0499 e. The van der Waals surface area contributed by atoms with Gasteiger partial charge in [-0.3, -0.25) is 4.99 Å². The first-order chi connectivity index (χ1) is 11.1. The fourth-order valence-electron chi connectivity index (χ4n) is 3.36. The highest BCUT2D eigenvalue weighted by Crippen LogP contribution is 2.30. The molecule has 0 atom stereocenters. The lowest BCUT2D eigenvalue weighted by Crippen LogP contribution is -2.09. The number of hydrogen-bond donors (Lipinski definition) is 0. The second kappa shape index (κ2) is 7.35. The van der Waals surface area contributed by atoms with Gasteiger partial charge in [-0.15, -0.1) is 0 Å². The minimum absolute atomic E-state index is 0.506. The van der Waals surface area contributed by atoms with E-state index < -0.39 is 0 Å². The molecule has 2 nitrogen and oxygen atoms in total. The molecule has 0 bridgehead atoms. The Morgan fingerprint density at radius 2 is 1.65 bits per heavy atom. The van der Waals surface area contributed by atoms with Gasteiger partial charge in [0.2, 0.25) is 0 Å². The van der Waals surface area contributed by atoms with E-state index in [9.17, 15) is 0 Å². The molecule has 0 unspecified atom stereocenters. The van der Waals surface area contributed by atoms with Crippen LogP contribution in [-0.4, -0.2) is 16.8 Å². The number of halogens is 2. The zero-order valence-electron chi connectivity index (χ0n) is 13.6. The van der Waals surface area contributed by atoms with Gasteiger partial charge in [0.05, 0.1) is 0 Å². The van der Waals surface area contributed by atoms with Crippen LogP contribution in [0.25, 0.3) is 5.69 Å². The molecular formula is C19H22Br2N2. The van der Waals surface area contributed by atoms with Crippen LogP contribution < -0.4 is 0 Å². The van der Waals surface area contributed by atoms with Crippen molar-refractivity contribution in [1.29, 1.82) is 0 Å². The molecule has 3 rings (SSSR count). The van der Waals surface area contributed by atoms with Crippen molar-refractivity contribution >= 4 is 38.1 Å². The summed E-state index contributed by atoms with van der Waals surface area (Å²) in [6.07, 6.45) is 8.56. The second-order valence-electron chi connectivity index (χ2n) is 6.28. The quantitative estimate of drug-likeness (QED) is 0.496. The molecule has 0 spiro atoms. The first-order valence-electron chi connectivity index (χ1n) is 8.24. The van der Waals surface area contributed by atoms with Crippen molar-refractivity contribution in [3.63, 3.8) is 0 Å². The van der Waals surface area contributed by atoms with Crippen molar-refractivity contribution < 1.29 is 0 Å². The van der Waals surface area contributed by atoms with Gasteiger partial charge in [0.25, 0.3) is 0 Å². The molecule has 1 aromatic heterocycles. The Balaban J connectivity index is 1.94. The molecule has 1 fully saturated rings. The third-order valence-corrected chi connectivity index (χ3v) is 6.22. The molecule has 0 aliphatic heterocycles. The first kappa shape index (κ1) is 17.0. The highest BCUT2D eigenvalue weighted by atomic mass is 79.9. The molecular weight excluding hydrogens is 416 g/mol. The fraction of sp³-hybridized carbons (Fsp3) is 0.421. The van der Waals surface area contributed by atoms with Crippen molar-refractivity contribution in [2.45, 2.75) is 52.0 Å². The summed E-state index contributed by atoms with van der Waals surface area (Å²) in [5.74, 6) is 0. The Labute approximate surface area is 155 Å². The Kier molecular flexibility index (Phi) is 5.42. The van der Waals surface area contributed by atoms with Crippen LogP contribution in [0.3, 0.4) is 0 Å². The van der Waals surface area contributed by atoms with Gasteiger partial charge in [-0.1, -0.05) is 35.2 Å². The Hall–Kier alpha value is -0.870. The van der Waals surface area contributed by atoms with Crippen LogP contribution in [0.15, 0.2) is 38.2 Å². The van der Waals surface area contributed by atoms with Gasteiger partial charge in [0.15, 0.2) is 0 Å². The lowest BCUT2D eigenvalue weighted by molar-refractivity contribution is 0.444. The van der Waals surface area contributed by atoms with E-state index in [1.165, 1.54) is 54.7 Å². The van der Waals surface area contributed by atoms with Crippen molar-refractivity contribution in [1.82, 2.24) is 4.57 Å². The van der Waals surface area contributed by atoms with E-state index in [4.69, 9.17) is 4.99 Å². The van der Waals surface area contributed by atoms with Crippen LogP contribution in [0.5, 0.6) is 0 Å². The molecule has 0 radical (unpaired) electrons. The standard InChI is InChI=1S/C19H22Br2N2/c1-13-18(12-22-16-6-4-3-5-7-16)19(21)14(2)23(13)17-10-8-15(20)9-11-17/h8-12,16H,3-7H2,1-2H3. The Morgan fingerprint density at radius 3 is 2.30 bits per heavy atom. The normalized spacial score (nSPS) is 16.3. The number of aromatic nitrogens is 1. The molecule has 0 amide bonds. The van der Waals surface area contributed by atoms with Gasteiger partial charge in [-0.2, -0.15) is 0 Å². The van der Waals surface area contributed by atoms with Gasteiger partial charge < -0.3 is 4.57 Å². The van der Waals surface area contributed by atoms with Crippen LogP contribution >= 0.6 is 31.9 Å². The SMILES string of the molecule is Cc1c(Br)c(C=NC2CCCCC2)c(C)n1-c1ccc(Br)cc1. The Morgan fingerprint density at radius 1 is 1.00 bits per heavy atom. The van der Waals surface area contributed by atoms with Crippen molar-refractivity contribution in [2.75, 3.05) is 0 Å². The number of nitrogens with zero attached hydrogens (tertiary/aromatic N) is 2. The molecule has 122 valence electrons. The van der Waals surface area contributed by atoms with Crippen molar-refractivity contribution in [3.8, 4) is 5.69 Å². The average Bonchev–Trinajstić information content (AvgIpc) is 2.78. The molecule has 0 saturated heterocycles. The lowest BCUT2D eigenvalue weighted by atomic mass is 9.96. The van der Waals surface area contributed by atoms with E-state index in [0.29, 0.717) is 6.04 Å². The van der Waals surface area contributed by atoms with Crippen LogP contribution in [0, 0.1) is 13.8 Å². The molecule has 0 N–H and O–H groups in total. The van der Waals surface area contributed by atoms with Crippen LogP contribution in [0.2, 0.25) is 0 Å². The zero-order valence-corrected chi connectivity index (χ0v) is 16.8. The molecule has 4 heteroatoms. The minimum Gasteiger partial charge on any atom is -0.317 e. The van der Waals surface area contributed by atoms with Gasteiger partial charge in [-0.25, -0.2) is 0 Å². The maximum absolute atomic E-state index is 4.86. The molecule has 23 heavy (non-hydrogen) atoms. The number of benzene rings is 1. The molecule has 2 aromatic rings. The molecule has 1 aliphatic carbocycles. The highest BCUT2D eigenvalue weighted by Gasteiger charge is 2.17. The van der Waals surface area contributed by atoms with E-state index in [1.807, 2.05) is 0 Å². The lowest BCUT2D eigenvalue weighted by Gasteiger charge is -2.17. The van der Waals surface area contributed by atoms with Crippen LogP contribution in [0.4, 0.5) is 0 Å². The molecule has 1 saturated carbocycles. The van der Waals surface area contributed by atoms with E-state index in [2.05, 4.69) is 80.8 Å². The van der Waals surface area contributed by atoms with E-state index in [1.54, 1.807) is 0 Å². The largest absolute Gasteiger partial charge is 0.317 e. The second-order valence-corrected chi connectivity index (χ2v) is 7.99. The third kappa shape index (κ3) is 3.63. The first-order valence-corrected chi connectivity index (χ1v) is 9.83. The van der Waals surface area contributed by atoms with E-state index in [0.717, 1.165) is 8.95 Å². The van der Waals surface area contributed by atoms with Crippen LogP contribution in [-0.2, 0) is 0 Å². The summed E-state index contributed by atoms with van der Waals surface area (Å²) in [4.78, 5) is 4.86. The monoisotopic (exact) mass is 436 g/mol. The highest BCUT2D eigenvalue weighted by molar-refractivity contribution is 9.10. The summed E-state index contributed by atoms with van der Waals surface area (Å²) in [6.45, 7) is 4.32. The third-order valence-electron chi connectivity index (χ3n) is 4.69. The Bertz CT molecular complexity index is 708. The minimum atomic E-state index is 0.506. The maximum atomic E-state index is 4.86. The van der Waals surface area contributed by atoms with Gasteiger partial charge in [-0.05, 0) is 66.9 Å². The average molecular weight is 438 g/mol. The van der Waals surface area contributed by atoms with Crippen LogP contribution in [0.1, 0.15) is 49.1 Å². The molecule has 1 aliphatic rings. The van der Waals surface area contributed by atoms with Gasteiger partial charge >= 0.3 is 0 Å². The van der Waals surface area contributed by atoms with Gasteiger partial charge in [0, 0.05) is 43.8 Å². The topological polar surface area (TPSA) is 17.3 Å². The van der Waals surface area contributed by atoms with E-state index >= 15 is 0 Å². The fourth-order valence-corrected chi connectivity index (χ4v) is 4.19. The molecule has 1 aromatic carbocycles. The number of hydrogen-bond acceptors (Lipinski definition) is 1. The summed E-state index contributed by atoms with van der Waals surface area (Å²) < 4.78 is 4.54. The predicted molar refractivity (Wildman–Crippen MR) is 105 cm³/mol. The summed E-state index contributed by atoms with van der Waals surface area (Å²) in [6, 6.07) is 8.94. The summed E-state index contributed by atoms with van der Waals surface area (Å²) >= 11 is 7.27. The predicted octanol–water partition coefficient (Wildman–Crippen LogP) is 6.37. The summed E-state index contributed by atoms with van der Waals surface area (Å²) in [7, 11) is 0. The molecule has 1 heterocycles. The van der Waals surface area contributed by atoms with Crippen molar-refractivity contribution in [3.05, 3.63) is 50.2 Å². The van der Waals surface area contributed by atoms with Gasteiger partial charge in [0.1, 0.15) is 0 Å². The summed E-state index contributed by atoms with van der Waals surface area (Å²) in [5.41, 5.74) is 4.84. The summed E-state index contributed by atoms with van der Waals surface area (Å²) in [5, 5.41) is 0. The number of aliphatic imine (C=N–C) groups is 1. The van der Waals surface area contributed by atoms with Crippen molar-refractivity contribution in [2.24, 2.45) is 4.99 Å². The zero-order chi connectivity index (χ0) is 16.4. The maximum Gasteiger partial charge on any atom is 0.0499 e. The number of rotatable bonds is 3.